The average molecular weight is 461 g/mol. The van der Waals surface area contributed by atoms with Crippen LogP contribution in [0.3, 0.4) is 0 Å². The van der Waals surface area contributed by atoms with Gasteiger partial charge in [-0.2, -0.15) is 18.4 Å². The summed E-state index contributed by atoms with van der Waals surface area (Å²) in [4.78, 5) is 16.9. The number of likely N-dealkylation sites (tertiary alicyclic amines) is 1. The molecular formula is C24H27F3N4O2. The zero-order valence-electron chi connectivity index (χ0n) is 18.7. The summed E-state index contributed by atoms with van der Waals surface area (Å²) in [6.07, 6.45) is -2.06. The van der Waals surface area contributed by atoms with E-state index >= 15 is 0 Å². The van der Waals surface area contributed by atoms with Crippen molar-refractivity contribution in [3.8, 4) is 6.07 Å². The summed E-state index contributed by atoms with van der Waals surface area (Å²) in [6, 6.07) is 9.13. The molecule has 0 bridgehead atoms. The number of aromatic nitrogens is 1. The molecule has 0 radical (unpaired) electrons. The summed E-state index contributed by atoms with van der Waals surface area (Å²) in [7, 11) is 1.83. The molecule has 1 aromatic carbocycles. The number of aryl methyl sites for hydroxylation is 1. The molecule has 9 heteroatoms. The minimum atomic E-state index is -4.60. The Bertz CT molecular complexity index is 1070. The van der Waals surface area contributed by atoms with Crippen LogP contribution in [0.15, 0.2) is 36.5 Å². The predicted molar refractivity (Wildman–Crippen MR) is 117 cm³/mol. The largest absolute Gasteiger partial charge is 0.417 e. The van der Waals surface area contributed by atoms with Gasteiger partial charge in [-0.05, 0) is 43.7 Å². The number of carbonyl (C=O) groups is 1. The summed E-state index contributed by atoms with van der Waals surface area (Å²) >= 11 is 0. The molecule has 0 spiro atoms. The van der Waals surface area contributed by atoms with Gasteiger partial charge in [-0.1, -0.05) is 0 Å². The fraction of sp³-hybridized carbons (Fsp3) is 0.500. The Morgan fingerprint density at radius 1 is 1.30 bits per heavy atom. The van der Waals surface area contributed by atoms with Crippen molar-refractivity contribution in [1.29, 1.82) is 5.26 Å². The van der Waals surface area contributed by atoms with Crippen molar-refractivity contribution in [3.05, 3.63) is 53.3 Å². The Hall–Kier alpha value is -2.99. The van der Waals surface area contributed by atoms with Gasteiger partial charge in [-0.15, -0.1) is 0 Å². The molecule has 0 aliphatic carbocycles. The monoisotopic (exact) mass is 460 g/mol. The lowest BCUT2D eigenvalue weighted by Crippen LogP contribution is -2.49. The van der Waals surface area contributed by atoms with Crippen molar-refractivity contribution >= 4 is 11.6 Å². The maximum absolute atomic E-state index is 13.5. The van der Waals surface area contributed by atoms with Crippen LogP contribution < -0.4 is 4.90 Å². The van der Waals surface area contributed by atoms with E-state index in [9.17, 15) is 18.0 Å². The van der Waals surface area contributed by atoms with Crippen molar-refractivity contribution in [1.82, 2.24) is 9.47 Å². The number of amides is 1. The number of halogens is 3. The zero-order chi connectivity index (χ0) is 23.8. The first-order chi connectivity index (χ1) is 15.7. The van der Waals surface area contributed by atoms with Gasteiger partial charge in [0.1, 0.15) is 5.69 Å². The molecule has 0 saturated carbocycles. The predicted octanol–water partition coefficient (Wildman–Crippen LogP) is 3.92. The standard InChI is InChI=1S/C24H27F3N4O2/c1-3-33-16-23-8-10-30(19-7-6-17(12-28)20(11-19)24(25,26)27)13-18(23)14-31(15-23)22(32)21-5-4-9-29(21)2/h4-7,9,11,18H,3,8,10,13-16H2,1-2H3/t18-,23+/m1/s1. The van der Waals surface area contributed by atoms with Crippen LogP contribution in [0.25, 0.3) is 0 Å². The lowest BCUT2D eigenvalue weighted by atomic mass is 9.73. The topological polar surface area (TPSA) is 61.5 Å². The van der Waals surface area contributed by atoms with Gasteiger partial charge in [0.15, 0.2) is 0 Å². The summed E-state index contributed by atoms with van der Waals surface area (Å²) in [5.41, 5.74) is -0.473. The minimum absolute atomic E-state index is 0.0444. The molecule has 3 heterocycles. The van der Waals surface area contributed by atoms with Crippen molar-refractivity contribution in [2.24, 2.45) is 18.4 Å². The Kier molecular flexibility index (Phi) is 6.14. The first-order valence-electron chi connectivity index (χ1n) is 11.0. The molecule has 6 nitrogen and oxygen atoms in total. The van der Waals surface area contributed by atoms with E-state index in [1.165, 1.54) is 6.07 Å². The highest BCUT2D eigenvalue weighted by molar-refractivity contribution is 5.93. The normalized spacial score (nSPS) is 22.8. The number of fused-ring (bicyclic) bond motifs is 1. The number of piperidine rings is 1. The number of hydrogen-bond donors (Lipinski definition) is 0. The second kappa shape index (κ2) is 8.75. The van der Waals surface area contributed by atoms with Gasteiger partial charge < -0.3 is 19.1 Å². The maximum atomic E-state index is 13.5. The van der Waals surface area contributed by atoms with Crippen LogP contribution >= 0.6 is 0 Å². The van der Waals surface area contributed by atoms with Gasteiger partial charge in [0.05, 0.1) is 23.8 Å². The average Bonchev–Trinajstić information content (AvgIpc) is 3.39. The van der Waals surface area contributed by atoms with Crippen molar-refractivity contribution in [3.63, 3.8) is 0 Å². The number of hydrogen-bond acceptors (Lipinski definition) is 4. The maximum Gasteiger partial charge on any atom is 0.417 e. The summed E-state index contributed by atoms with van der Waals surface area (Å²) < 4.78 is 48.0. The summed E-state index contributed by atoms with van der Waals surface area (Å²) in [5.74, 6) is 0.0176. The highest BCUT2D eigenvalue weighted by Gasteiger charge is 2.51. The van der Waals surface area contributed by atoms with Crippen LogP contribution in [0.2, 0.25) is 0 Å². The zero-order valence-corrected chi connectivity index (χ0v) is 18.7. The molecule has 2 fully saturated rings. The Labute approximate surface area is 191 Å². The third kappa shape index (κ3) is 4.32. The van der Waals surface area contributed by atoms with E-state index in [2.05, 4.69) is 0 Å². The highest BCUT2D eigenvalue weighted by Crippen LogP contribution is 2.45. The number of anilines is 1. The molecule has 2 aromatic rings. The third-order valence-corrected chi connectivity index (χ3v) is 6.97. The van der Waals surface area contributed by atoms with Gasteiger partial charge >= 0.3 is 6.18 Å². The van der Waals surface area contributed by atoms with Crippen molar-refractivity contribution < 1.29 is 22.7 Å². The van der Waals surface area contributed by atoms with E-state index in [0.29, 0.717) is 57.2 Å². The molecule has 0 N–H and O–H groups in total. The van der Waals surface area contributed by atoms with Gasteiger partial charge in [-0.3, -0.25) is 4.79 Å². The second-order valence-electron chi connectivity index (χ2n) is 8.92. The first kappa shape index (κ1) is 23.2. The van der Waals surface area contributed by atoms with E-state index in [1.54, 1.807) is 22.8 Å². The Morgan fingerprint density at radius 2 is 2.09 bits per heavy atom. The molecule has 2 atom stereocenters. The lowest BCUT2D eigenvalue weighted by Gasteiger charge is -2.44. The molecule has 2 aliphatic rings. The van der Waals surface area contributed by atoms with Crippen LogP contribution in [0.5, 0.6) is 0 Å². The van der Waals surface area contributed by atoms with E-state index in [4.69, 9.17) is 10.00 Å². The molecule has 4 rings (SSSR count). The van der Waals surface area contributed by atoms with Crippen LogP contribution in [0.4, 0.5) is 18.9 Å². The number of benzene rings is 1. The quantitative estimate of drug-likeness (QED) is 0.679. The first-order valence-corrected chi connectivity index (χ1v) is 11.0. The fourth-order valence-electron chi connectivity index (χ4n) is 5.12. The van der Waals surface area contributed by atoms with E-state index in [-0.39, 0.29) is 22.8 Å². The molecule has 2 saturated heterocycles. The third-order valence-electron chi connectivity index (χ3n) is 6.97. The number of nitriles is 1. The molecule has 2 aliphatic heterocycles. The Balaban J connectivity index is 1.59. The van der Waals surface area contributed by atoms with E-state index in [0.717, 1.165) is 6.07 Å². The van der Waals surface area contributed by atoms with Crippen LogP contribution in [0.1, 0.15) is 35.0 Å². The lowest BCUT2D eigenvalue weighted by molar-refractivity contribution is -0.137. The van der Waals surface area contributed by atoms with Crippen LogP contribution in [0, 0.1) is 22.7 Å². The number of rotatable bonds is 5. The molecule has 33 heavy (non-hydrogen) atoms. The second-order valence-corrected chi connectivity index (χ2v) is 8.92. The number of ether oxygens (including phenoxy) is 1. The number of alkyl halides is 3. The summed E-state index contributed by atoms with van der Waals surface area (Å²) in [6.45, 7) is 5.17. The molecule has 176 valence electrons. The smallest absolute Gasteiger partial charge is 0.381 e. The molecular weight excluding hydrogens is 433 g/mol. The highest BCUT2D eigenvalue weighted by atomic mass is 19.4. The van der Waals surface area contributed by atoms with Gasteiger partial charge in [0.25, 0.3) is 5.91 Å². The van der Waals surface area contributed by atoms with Crippen LogP contribution in [-0.4, -0.2) is 54.8 Å². The molecule has 1 amide bonds. The molecule has 1 aromatic heterocycles. The van der Waals surface area contributed by atoms with Gasteiger partial charge in [-0.25, -0.2) is 0 Å². The van der Waals surface area contributed by atoms with Gasteiger partial charge in [0, 0.05) is 63.1 Å². The van der Waals surface area contributed by atoms with E-state index in [1.807, 2.05) is 36.0 Å². The number of carbonyl (C=O) groups excluding carboxylic acids is 1. The van der Waals surface area contributed by atoms with Gasteiger partial charge in [0.2, 0.25) is 0 Å². The van der Waals surface area contributed by atoms with E-state index < -0.39 is 11.7 Å². The Morgan fingerprint density at radius 3 is 2.73 bits per heavy atom. The van der Waals surface area contributed by atoms with Crippen molar-refractivity contribution in [2.45, 2.75) is 19.5 Å². The van der Waals surface area contributed by atoms with Crippen molar-refractivity contribution in [2.75, 3.05) is 44.3 Å². The SMILES string of the molecule is CCOC[C@@]12CCN(c3ccc(C#N)c(C(F)(F)F)c3)C[C@@H]1CN(C(=O)c1cccn1C)C2. The molecule has 0 unspecified atom stereocenters. The summed E-state index contributed by atoms with van der Waals surface area (Å²) in [5, 5.41) is 9.08. The minimum Gasteiger partial charge on any atom is -0.381 e. The van der Waals surface area contributed by atoms with Crippen LogP contribution in [-0.2, 0) is 18.0 Å². The number of nitrogens with zero attached hydrogens (tertiary/aromatic N) is 4. The fourth-order valence-corrected chi connectivity index (χ4v) is 5.12.